The smallest absolute Gasteiger partial charge is 0.319 e. The van der Waals surface area contributed by atoms with Crippen molar-refractivity contribution in [3.05, 3.63) is 24.3 Å². The highest BCUT2D eigenvalue weighted by molar-refractivity contribution is 5.93. The molecule has 6 nitrogen and oxygen atoms in total. The molecule has 0 radical (unpaired) electrons. The SMILES string of the molecule is CC(C)NC(=O)Nc1ccc(NC(=O)C(C)C(C)N)cc1.Cl. The molecule has 0 aliphatic rings. The van der Waals surface area contributed by atoms with Gasteiger partial charge in [-0.25, -0.2) is 4.79 Å². The number of halogens is 1. The van der Waals surface area contributed by atoms with Crippen molar-refractivity contribution in [3.63, 3.8) is 0 Å². The summed E-state index contributed by atoms with van der Waals surface area (Å²) in [6, 6.07) is 6.53. The van der Waals surface area contributed by atoms with E-state index in [-0.39, 0.29) is 42.3 Å². The third-order valence-corrected chi connectivity index (χ3v) is 3.03. The number of amides is 3. The zero-order chi connectivity index (χ0) is 16.0. The van der Waals surface area contributed by atoms with E-state index in [2.05, 4.69) is 16.0 Å². The van der Waals surface area contributed by atoms with Gasteiger partial charge in [-0.15, -0.1) is 12.4 Å². The highest BCUT2D eigenvalue weighted by Gasteiger charge is 2.16. The highest BCUT2D eigenvalue weighted by atomic mass is 35.5. The first-order chi connectivity index (χ1) is 9.79. The molecule has 0 saturated carbocycles. The minimum absolute atomic E-state index is 0. The Bertz CT molecular complexity index is 489. The van der Waals surface area contributed by atoms with E-state index < -0.39 is 0 Å². The minimum atomic E-state index is -0.264. The molecule has 0 bridgehead atoms. The first-order valence-electron chi connectivity index (χ1n) is 7.03. The van der Waals surface area contributed by atoms with Gasteiger partial charge in [-0.1, -0.05) is 6.92 Å². The summed E-state index contributed by atoms with van der Waals surface area (Å²) in [7, 11) is 0. The maximum absolute atomic E-state index is 11.9. The first-order valence-corrected chi connectivity index (χ1v) is 7.03. The van der Waals surface area contributed by atoms with Crippen molar-refractivity contribution in [2.45, 2.75) is 39.8 Å². The van der Waals surface area contributed by atoms with Crippen molar-refractivity contribution in [2.24, 2.45) is 11.7 Å². The maximum Gasteiger partial charge on any atom is 0.319 e. The molecule has 7 heteroatoms. The van der Waals surface area contributed by atoms with E-state index in [0.717, 1.165) is 0 Å². The average molecular weight is 329 g/mol. The molecule has 1 aromatic carbocycles. The topological polar surface area (TPSA) is 96.2 Å². The molecule has 5 N–H and O–H groups in total. The summed E-state index contributed by atoms with van der Waals surface area (Å²) >= 11 is 0. The molecule has 0 aliphatic heterocycles. The molecule has 0 spiro atoms. The molecule has 2 atom stereocenters. The van der Waals surface area contributed by atoms with Gasteiger partial charge in [0.15, 0.2) is 0 Å². The lowest BCUT2D eigenvalue weighted by Gasteiger charge is -2.15. The summed E-state index contributed by atoms with van der Waals surface area (Å²) in [6.45, 7) is 7.35. The van der Waals surface area contributed by atoms with Crippen LogP contribution in [0.25, 0.3) is 0 Å². The van der Waals surface area contributed by atoms with E-state index in [9.17, 15) is 9.59 Å². The Hall–Kier alpha value is -1.79. The van der Waals surface area contributed by atoms with Crippen LogP contribution in [0.3, 0.4) is 0 Å². The number of hydrogen-bond acceptors (Lipinski definition) is 3. The zero-order valence-electron chi connectivity index (χ0n) is 13.3. The third-order valence-electron chi connectivity index (χ3n) is 3.03. The second-order valence-corrected chi connectivity index (χ2v) is 5.47. The Morgan fingerprint density at radius 1 is 0.955 bits per heavy atom. The number of rotatable bonds is 5. The van der Waals surface area contributed by atoms with Crippen LogP contribution in [0.15, 0.2) is 24.3 Å². The number of nitrogens with one attached hydrogen (secondary N) is 3. The lowest BCUT2D eigenvalue weighted by atomic mass is 10.0. The van der Waals surface area contributed by atoms with Crippen LogP contribution in [0.2, 0.25) is 0 Å². The van der Waals surface area contributed by atoms with Crippen LogP contribution in [0, 0.1) is 5.92 Å². The zero-order valence-corrected chi connectivity index (χ0v) is 14.2. The maximum atomic E-state index is 11.9. The van der Waals surface area contributed by atoms with Crippen molar-refractivity contribution < 1.29 is 9.59 Å². The van der Waals surface area contributed by atoms with Gasteiger partial charge in [0.2, 0.25) is 5.91 Å². The van der Waals surface area contributed by atoms with Crippen LogP contribution in [0.1, 0.15) is 27.7 Å². The van der Waals surface area contributed by atoms with Gasteiger partial charge in [-0.05, 0) is 45.0 Å². The summed E-state index contributed by atoms with van der Waals surface area (Å²) in [5.41, 5.74) is 7.02. The van der Waals surface area contributed by atoms with E-state index in [0.29, 0.717) is 11.4 Å². The molecule has 0 heterocycles. The van der Waals surface area contributed by atoms with E-state index in [1.54, 1.807) is 38.1 Å². The number of carbonyl (C=O) groups excluding carboxylic acids is 2. The largest absolute Gasteiger partial charge is 0.336 e. The lowest BCUT2D eigenvalue weighted by molar-refractivity contribution is -0.119. The summed E-state index contributed by atoms with van der Waals surface area (Å²) in [4.78, 5) is 23.4. The van der Waals surface area contributed by atoms with Gasteiger partial charge in [0.05, 0.1) is 5.92 Å². The van der Waals surface area contributed by atoms with Gasteiger partial charge in [0, 0.05) is 23.5 Å². The van der Waals surface area contributed by atoms with Gasteiger partial charge >= 0.3 is 6.03 Å². The molecule has 0 aromatic heterocycles. The predicted octanol–water partition coefficient (Wildman–Crippen LogP) is 2.56. The Balaban J connectivity index is 0.00000441. The standard InChI is InChI=1S/C15H24N4O2.ClH/c1-9(2)17-15(21)19-13-7-5-12(6-8-13)18-14(20)10(3)11(4)16;/h5-11H,16H2,1-4H3,(H,18,20)(H2,17,19,21);1H. The molecular formula is C15H25ClN4O2. The van der Waals surface area contributed by atoms with Gasteiger partial charge in [-0.2, -0.15) is 0 Å². The van der Waals surface area contributed by atoms with Crippen LogP contribution in [-0.4, -0.2) is 24.0 Å². The van der Waals surface area contributed by atoms with Crippen LogP contribution in [0.4, 0.5) is 16.2 Å². The third kappa shape index (κ3) is 6.78. The molecule has 3 amide bonds. The normalized spacial score (nSPS) is 12.8. The number of carbonyl (C=O) groups is 2. The van der Waals surface area contributed by atoms with Crippen LogP contribution >= 0.6 is 12.4 Å². The molecule has 1 rings (SSSR count). The number of urea groups is 1. The number of nitrogens with two attached hydrogens (primary N) is 1. The van der Waals surface area contributed by atoms with Gasteiger partial charge < -0.3 is 21.7 Å². The molecule has 0 fully saturated rings. The number of hydrogen-bond donors (Lipinski definition) is 4. The summed E-state index contributed by atoms with van der Waals surface area (Å²) in [5, 5.41) is 8.23. The summed E-state index contributed by atoms with van der Waals surface area (Å²) in [6.07, 6.45) is 0. The second kappa shape index (κ2) is 9.27. The molecule has 22 heavy (non-hydrogen) atoms. The molecule has 2 unspecified atom stereocenters. The Labute approximate surface area is 137 Å². The lowest BCUT2D eigenvalue weighted by Crippen LogP contribution is -2.34. The van der Waals surface area contributed by atoms with Crippen LogP contribution in [0.5, 0.6) is 0 Å². The Morgan fingerprint density at radius 2 is 1.41 bits per heavy atom. The quantitative estimate of drug-likeness (QED) is 0.668. The Kier molecular flexibility index (Phi) is 8.52. The van der Waals surface area contributed by atoms with Crippen molar-refractivity contribution in [3.8, 4) is 0 Å². The molecule has 0 aliphatic carbocycles. The average Bonchev–Trinajstić information content (AvgIpc) is 2.38. The van der Waals surface area contributed by atoms with Crippen LogP contribution in [-0.2, 0) is 4.79 Å². The molecule has 1 aromatic rings. The van der Waals surface area contributed by atoms with E-state index in [1.165, 1.54) is 0 Å². The predicted molar refractivity (Wildman–Crippen MR) is 92.4 cm³/mol. The number of benzene rings is 1. The fraction of sp³-hybridized carbons (Fsp3) is 0.467. The van der Waals surface area contributed by atoms with Crippen molar-refractivity contribution in [1.82, 2.24) is 5.32 Å². The number of anilines is 2. The van der Waals surface area contributed by atoms with Crippen LogP contribution < -0.4 is 21.7 Å². The van der Waals surface area contributed by atoms with E-state index in [1.807, 2.05) is 13.8 Å². The molecule has 124 valence electrons. The summed E-state index contributed by atoms with van der Waals surface area (Å²) < 4.78 is 0. The van der Waals surface area contributed by atoms with E-state index >= 15 is 0 Å². The van der Waals surface area contributed by atoms with Gasteiger partial charge in [0.25, 0.3) is 0 Å². The Morgan fingerprint density at radius 3 is 1.82 bits per heavy atom. The van der Waals surface area contributed by atoms with Crippen molar-refractivity contribution in [2.75, 3.05) is 10.6 Å². The monoisotopic (exact) mass is 328 g/mol. The minimum Gasteiger partial charge on any atom is -0.336 e. The second-order valence-electron chi connectivity index (χ2n) is 5.47. The fourth-order valence-corrected chi connectivity index (χ4v) is 1.56. The molecular weight excluding hydrogens is 304 g/mol. The first kappa shape index (κ1) is 20.2. The summed E-state index contributed by atoms with van der Waals surface area (Å²) in [5.74, 6) is -0.386. The fourth-order valence-electron chi connectivity index (χ4n) is 1.56. The molecule has 0 saturated heterocycles. The van der Waals surface area contributed by atoms with Crippen molar-refractivity contribution >= 4 is 35.7 Å². The van der Waals surface area contributed by atoms with E-state index in [4.69, 9.17) is 5.73 Å². The van der Waals surface area contributed by atoms with Crippen molar-refractivity contribution in [1.29, 1.82) is 0 Å². The highest BCUT2D eigenvalue weighted by Crippen LogP contribution is 2.15. The van der Waals surface area contributed by atoms with Gasteiger partial charge in [-0.3, -0.25) is 4.79 Å². The van der Waals surface area contributed by atoms with Gasteiger partial charge in [0.1, 0.15) is 0 Å².